The van der Waals surface area contributed by atoms with E-state index in [0.29, 0.717) is 38.5 Å². The molecule has 0 saturated carbocycles. The highest BCUT2D eigenvalue weighted by Gasteiger charge is 2.43. The second-order valence-electron chi connectivity index (χ2n) is 32.1. The van der Waals surface area contributed by atoms with E-state index in [1.165, 1.54) is 30.6 Å². The van der Waals surface area contributed by atoms with Crippen LogP contribution in [-0.4, -0.2) is 214 Å². The van der Waals surface area contributed by atoms with Gasteiger partial charge in [-0.15, -0.1) is 0 Å². The van der Waals surface area contributed by atoms with E-state index in [1.54, 1.807) is 12.4 Å². The highest BCUT2D eigenvalue weighted by atomic mass is 16.2. The Morgan fingerprint density at radius 1 is 0.479 bits per heavy atom. The number of fused-ring (bicyclic) bond motifs is 4. The predicted octanol–water partition coefficient (Wildman–Crippen LogP) is 1.95. The minimum Gasteiger partial charge on any atom is -0.370 e. The molecule has 4 aliphatic heterocycles. The Balaban J connectivity index is 0.000000275. The average molecular weight is 1670 g/mol. The minimum absolute atomic E-state index is 0.0432. The number of carbonyl (C=O) groups excluding carboxylic acids is 14. The van der Waals surface area contributed by atoms with Crippen LogP contribution >= 0.6 is 0 Å². The maximum absolute atomic E-state index is 14.5. The lowest BCUT2D eigenvalue weighted by molar-refractivity contribution is -0.142. The van der Waals surface area contributed by atoms with E-state index in [9.17, 15) is 67.1 Å². The molecule has 4 aliphatic rings. The number of aromatic nitrogens is 2. The normalized spacial score (nSPS) is 22.6. The monoisotopic (exact) mass is 1670 g/mol. The number of carbonyl (C=O) groups is 14. The van der Waals surface area contributed by atoms with Gasteiger partial charge in [-0.05, 0) is 131 Å². The van der Waals surface area contributed by atoms with Crippen molar-refractivity contribution in [2.45, 2.75) is 217 Å². The van der Waals surface area contributed by atoms with Crippen molar-refractivity contribution in [3.63, 3.8) is 0 Å². The highest BCUT2D eigenvalue weighted by Crippen LogP contribution is 2.28. The Hall–Kier alpha value is -12.5. The van der Waals surface area contributed by atoms with Crippen molar-refractivity contribution in [3.05, 3.63) is 144 Å². The van der Waals surface area contributed by atoms with Crippen LogP contribution in [0.3, 0.4) is 0 Å². The SMILES string of the molecule is CC(=O)N[C@@H](Cc1ccccc1)C(=O)N[C@H]1CCCNC(=O)[C@H](CCCN=C(N)N)CC(=O)[C@H](Cc2c[nH]c3ccccc23)NC(=O)[C@@H](C)NC(=O)[C@@H]2CCCN2C1=O.CC(=O)N[C@@H](Cc1ccccc1)C(=O)N[C@H]1CCCNC(=O)[C@H](CCCN=C(N)N)CC(=O)[C@H](Cc2c[nH]c3ccccc23)NC(=O)[C@@H](CC(C)C)NC(=O)[C@@H]2CCCN2C1=O. The largest absolute Gasteiger partial charge is 0.370 e. The van der Waals surface area contributed by atoms with Gasteiger partial charge in [-0.3, -0.25) is 77.1 Å². The molecule has 12 amide bonds. The molecular formula is C87H118N20O14. The van der Waals surface area contributed by atoms with Gasteiger partial charge in [-0.1, -0.05) is 111 Å². The fraction of sp³-hybridized carbons (Fsp3) is 0.494. The molecule has 121 heavy (non-hydrogen) atoms. The maximum Gasteiger partial charge on any atom is 0.245 e. The van der Waals surface area contributed by atoms with E-state index in [-0.39, 0.29) is 152 Å². The van der Waals surface area contributed by atoms with Crippen molar-refractivity contribution in [3.8, 4) is 0 Å². The number of aliphatic imine (C=N–C) groups is 2. The zero-order chi connectivity index (χ0) is 87.2. The topological polar surface area (TPSA) is 526 Å². The molecule has 6 aromatic rings. The van der Waals surface area contributed by atoms with Gasteiger partial charge >= 0.3 is 0 Å². The number of rotatable bonds is 24. The summed E-state index contributed by atoms with van der Waals surface area (Å²) in [7, 11) is 0. The van der Waals surface area contributed by atoms with E-state index >= 15 is 0 Å². The Morgan fingerprint density at radius 3 is 1.29 bits per heavy atom. The van der Waals surface area contributed by atoms with Crippen LogP contribution < -0.4 is 76.1 Å². The van der Waals surface area contributed by atoms with Gasteiger partial charge in [0.2, 0.25) is 70.9 Å². The van der Waals surface area contributed by atoms with E-state index in [2.05, 4.69) is 73.1 Å². The summed E-state index contributed by atoms with van der Waals surface area (Å²) < 4.78 is 0. The minimum atomic E-state index is -1.12. The number of ketones is 2. The lowest BCUT2D eigenvalue weighted by Gasteiger charge is -2.31. The average Bonchev–Trinajstić information content (AvgIpc) is 1.72. The molecule has 4 fully saturated rings. The van der Waals surface area contributed by atoms with Crippen LogP contribution in [0.25, 0.3) is 21.8 Å². The smallest absolute Gasteiger partial charge is 0.245 e. The molecule has 0 bridgehead atoms. The van der Waals surface area contributed by atoms with Crippen LogP contribution in [0.1, 0.15) is 153 Å². The first-order chi connectivity index (χ1) is 58.0. The number of nitrogens with one attached hydrogen (secondary N) is 12. The molecule has 4 aromatic carbocycles. The Labute approximate surface area is 703 Å². The van der Waals surface area contributed by atoms with Gasteiger partial charge in [0, 0.05) is 138 Å². The second kappa shape index (κ2) is 45.6. The van der Waals surface area contributed by atoms with Crippen LogP contribution in [0.4, 0.5) is 0 Å². The summed E-state index contributed by atoms with van der Waals surface area (Å²) in [5, 5.41) is 30.1. The highest BCUT2D eigenvalue weighted by molar-refractivity contribution is 6.01. The number of Topliss-reactive ketones (excluding diaryl/α,β-unsaturated/α-hetero) is 2. The number of hydrogen-bond acceptors (Lipinski definition) is 16. The molecule has 0 unspecified atom stereocenters. The van der Waals surface area contributed by atoms with Gasteiger partial charge in [0.05, 0.1) is 12.1 Å². The molecule has 20 N–H and O–H groups in total. The van der Waals surface area contributed by atoms with E-state index in [1.807, 2.05) is 123 Å². The van der Waals surface area contributed by atoms with Crippen molar-refractivity contribution in [1.82, 2.24) is 72.9 Å². The number of para-hydroxylation sites is 2. The molecule has 34 nitrogen and oxygen atoms in total. The second-order valence-corrected chi connectivity index (χ2v) is 32.1. The summed E-state index contributed by atoms with van der Waals surface area (Å²) in [6, 6.07) is 23.2. The first kappa shape index (κ1) is 92.4. The lowest BCUT2D eigenvalue weighted by Crippen LogP contribution is -2.59. The Kier molecular flexibility index (Phi) is 34.8. The summed E-state index contributed by atoms with van der Waals surface area (Å²) in [5.74, 6) is -8.64. The zero-order valence-corrected chi connectivity index (χ0v) is 69.5. The maximum atomic E-state index is 14.5. The van der Waals surface area contributed by atoms with E-state index in [4.69, 9.17) is 22.9 Å². The molecular weight excluding hydrogens is 1550 g/mol. The van der Waals surface area contributed by atoms with Crippen molar-refractivity contribution in [2.75, 3.05) is 39.3 Å². The number of nitrogens with zero attached hydrogens (tertiary/aromatic N) is 4. The van der Waals surface area contributed by atoms with Crippen LogP contribution in [0.2, 0.25) is 0 Å². The first-order valence-electron chi connectivity index (χ1n) is 41.9. The number of benzene rings is 4. The molecule has 0 aliphatic carbocycles. The molecule has 10 rings (SSSR count). The van der Waals surface area contributed by atoms with Gasteiger partial charge in [0.1, 0.15) is 48.3 Å². The quantitative estimate of drug-likeness (QED) is 0.0234. The van der Waals surface area contributed by atoms with Crippen LogP contribution in [0, 0.1) is 17.8 Å². The molecule has 34 heteroatoms. The number of amides is 12. The van der Waals surface area contributed by atoms with Crippen LogP contribution in [-0.2, 0) is 92.8 Å². The lowest BCUT2D eigenvalue weighted by atomic mass is 9.90. The summed E-state index contributed by atoms with van der Waals surface area (Å²) in [4.78, 5) is 210. The standard InChI is InChI=1S/C45H62N10O7.C42H56N10O7/c1-27(2)22-36-41(59)53-35(24-31-26-50-33-16-8-7-15-32(31)33)39(57)25-30(14-9-20-49-45(46)47)40(58)48-19-10-17-34(44(62)55-21-11-18-38(55)43(61)54-36)52-42(60)37(51-28(3)56)23-29-12-5-4-6-13-29;1-25-37(55)51-33(22-29-24-47-31-15-7-6-14-30(29)31)36(54)23-28(13-8-19-46-42(43)44)38(56)45-18-9-16-32(41(59)52-20-10-17-35(52)40(58)48-25)50-39(57)34(49-26(2)53)21-27-11-4-3-5-12-27/h4-8,12-13,15-16,26-27,30,34-38,50H,9-11,14,17-25H2,1-3H3,(H,48,58)(H,51,56)(H,52,60)(H,53,59)(H,54,61)(H4,46,47,49);3-7,11-12,14-15,24-25,28,32-35,47H,8-10,13,16-23H2,1-2H3,(H,45,56)(H,48,58)(H,49,53)(H,50,57)(H,51,55)(H4,43,44,46)/t30-,34+,35+,36-,37+,38+;25-,28-,32+,33+,34+,35+/m11/s1. The van der Waals surface area contributed by atoms with Gasteiger partial charge in [0.25, 0.3) is 0 Å². The molecule has 12 atom stereocenters. The van der Waals surface area contributed by atoms with Crippen molar-refractivity contribution in [1.29, 1.82) is 0 Å². The summed E-state index contributed by atoms with van der Waals surface area (Å²) in [6.45, 7) is 9.08. The zero-order valence-electron chi connectivity index (χ0n) is 69.5. The third-order valence-electron chi connectivity index (χ3n) is 22.1. The van der Waals surface area contributed by atoms with Crippen molar-refractivity contribution in [2.24, 2.45) is 50.7 Å². The summed E-state index contributed by atoms with van der Waals surface area (Å²) in [5.41, 5.74) is 27.0. The molecule has 6 heterocycles. The van der Waals surface area contributed by atoms with Gasteiger partial charge < -0.3 is 95.9 Å². The number of H-pyrrole nitrogens is 2. The molecule has 0 spiro atoms. The Morgan fingerprint density at radius 2 is 0.876 bits per heavy atom. The van der Waals surface area contributed by atoms with E-state index < -0.39 is 143 Å². The van der Waals surface area contributed by atoms with Crippen LogP contribution in [0.15, 0.2) is 132 Å². The van der Waals surface area contributed by atoms with Crippen molar-refractivity contribution < 1.29 is 67.1 Å². The number of aromatic amines is 2. The van der Waals surface area contributed by atoms with Crippen LogP contribution in [0.5, 0.6) is 0 Å². The predicted molar refractivity (Wildman–Crippen MR) is 456 cm³/mol. The summed E-state index contributed by atoms with van der Waals surface area (Å²) >= 11 is 0. The molecule has 0 radical (unpaired) electrons. The summed E-state index contributed by atoms with van der Waals surface area (Å²) in [6.07, 6.45) is 7.68. The number of hydrogen-bond donors (Lipinski definition) is 16. The Bertz CT molecular complexity index is 4680. The third kappa shape index (κ3) is 27.8. The molecule has 650 valence electrons. The van der Waals surface area contributed by atoms with Gasteiger partial charge in [-0.25, -0.2) is 0 Å². The molecule has 2 aromatic heterocycles. The van der Waals surface area contributed by atoms with Gasteiger partial charge in [0.15, 0.2) is 23.5 Å². The van der Waals surface area contributed by atoms with Gasteiger partial charge in [-0.2, -0.15) is 0 Å². The fourth-order valence-electron chi connectivity index (χ4n) is 16.0. The van der Waals surface area contributed by atoms with Crippen molar-refractivity contribution >= 4 is 116 Å². The van der Waals surface area contributed by atoms with E-state index in [0.717, 1.165) is 44.1 Å². The molecule has 4 saturated heterocycles. The number of nitrogens with two attached hydrogens (primary N) is 4. The fourth-order valence-corrected chi connectivity index (χ4v) is 16.0. The third-order valence-corrected chi connectivity index (χ3v) is 22.1. The number of guanidine groups is 2. The first-order valence-corrected chi connectivity index (χ1v) is 41.9.